The Morgan fingerprint density at radius 2 is 1.94 bits per heavy atom. The molecular formula is C7H19N2O5PS. The van der Waals surface area contributed by atoms with Crippen LogP contribution in [0.25, 0.3) is 0 Å². The number of nitrogens with one attached hydrogen (secondary N) is 1. The quantitative estimate of drug-likeness (QED) is 0.319. The van der Waals surface area contributed by atoms with E-state index in [-0.39, 0.29) is 0 Å². The molecular weight excluding hydrogens is 255 g/mol. The van der Waals surface area contributed by atoms with E-state index in [1.165, 1.54) is 0 Å². The van der Waals surface area contributed by atoms with E-state index in [0.29, 0.717) is 30.2 Å². The molecule has 0 heterocycles. The van der Waals surface area contributed by atoms with E-state index in [4.69, 9.17) is 25.4 Å². The molecule has 0 atom stereocenters. The number of carboxylic acids is 1. The predicted molar refractivity (Wildman–Crippen MR) is 64.4 cm³/mol. The first-order valence-electron chi connectivity index (χ1n) is 4.60. The fraction of sp³-hybridized carbons (Fsp3) is 0.857. The van der Waals surface area contributed by atoms with Gasteiger partial charge in [0.25, 0.3) is 5.97 Å². The second-order valence-electron chi connectivity index (χ2n) is 2.74. The fourth-order valence-electron chi connectivity index (χ4n) is 0.589. The van der Waals surface area contributed by atoms with Gasteiger partial charge in [-0.25, -0.2) is 4.57 Å². The first kappa shape index (κ1) is 18.3. The summed E-state index contributed by atoms with van der Waals surface area (Å²) >= 11 is 0.665. The third kappa shape index (κ3) is 29.2. The zero-order chi connectivity index (χ0) is 13.0. The van der Waals surface area contributed by atoms with Crippen molar-refractivity contribution in [2.45, 2.75) is 13.3 Å². The molecule has 7 nitrogen and oxygen atoms in total. The van der Waals surface area contributed by atoms with Crippen molar-refractivity contribution < 1.29 is 24.3 Å². The van der Waals surface area contributed by atoms with Crippen LogP contribution in [0.5, 0.6) is 0 Å². The highest BCUT2D eigenvalue weighted by Crippen LogP contribution is 2.49. The van der Waals surface area contributed by atoms with Crippen molar-refractivity contribution in [2.75, 3.05) is 25.4 Å². The van der Waals surface area contributed by atoms with Crippen LogP contribution in [0.1, 0.15) is 13.3 Å². The summed E-state index contributed by atoms with van der Waals surface area (Å²) in [7, 11) is 0. The monoisotopic (exact) mass is 274 g/mol. The predicted octanol–water partition coefficient (Wildman–Crippen LogP) is -0.158. The molecule has 0 bridgehead atoms. The van der Waals surface area contributed by atoms with E-state index in [1.807, 2.05) is 0 Å². The lowest BCUT2D eigenvalue weighted by Crippen LogP contribution is -2.20. The van der Waals surface area contributed by atoms with Crippen LogP contribution < -0.4 is 11.1 Å². The molecule has 0 saturated heterocycles. The Balaban J connectivity index is 0. The van der Waals surface area contributed by atoms with Gasteiger partial charge in [-0.2, -0.15) is 0 Å². The lowest BCUT2D eigenvalue weighted by Gasteiger charge is -2.04. The highest BCUT2D eigenvalue weighted by Gasteiger charge is 2.11. The molecule has 0 aliphatic carbocycles. The number of aliphatic carboxylic acids is 1. The van der Waals surface area contributed by atoms with Gasteiger partial charge >= 0.3 is 6.80 Å². The van der Waals surface area contributed by atoms with Crippen LogP contribution in [0.3, 0.4) is 0 Å². The maximum atomic E-state index is 10.3. The minimum absolute atomic E-state index is 0.425. The van der Waals surface area contributed by atoms with Crippen molar-refractivity contribution in [2.24, 2.45) is 5.73 Å². The molecule has 0 aromatic rings. The van der Waals surface area contributed by atoms with E-state index in [9.17, 15) is 4.57 Å². The molecule has 0 aliphatic heterocycles. The van der Waals surface area contributed by atoms with E-state index < -0.39 is 12.8 Å². The zero-order valence-corrected chi connectivity index (χ0v) is 10.8. The summed E-state index contributed by atoms with van der Waals surface area (Å²) in [5.74, 6) is -0.408. The molecule has 0 aromatic carbocycles. The van der Waals surface area contributed by atoms with Crippen LogP contribution in [0, 0.1) is 0 Å². The van der Waals surface area contributed by atoms with Gasteiger partial charge in [-0.05, 0) is 30.9 Å². The standard InChI is InChI=1S/C5H15N2O3PS.C2H4O2/c6-2-1-3-7-4-5-12-11(8,9)10;1-2(3)4/h7H,1-6H2,(H2,8,9,10);1H3,(H,3,4). The Hall–Kier alpha value is -0.110. The highest BCUT2D eigenvalue weighted by molar-refractivity contribution is 8.54. The maximum Gasteiger partial charge on any atom is 0.384 e. The minimum Gasteiger partial charge on any atom is -0.481 e. The second-order valence-corrected chi connectivity index (χ2v) is 6.58. The van der Waals surface area contributed by atoms with Gasteiger partial charge in [0.05, 0.1) is 0 Å². The third-order valence-electron chi connectivity index (χ3n) is 1.10. The SMILES string of the molecule is CC(=O)O.NCCCNCCSP(=O)(O)O. The summed E-state index contributed by atoms with van der Waals surface area (Å²) in [6.45, 7) is -0.738. The van der Waals surface area contributed by atoms with Gasteiger partial charge in [0.15, 0.2) is 0 Å². The summed E-state index contributed by atoms with van der Waals surface area (Å²) in [4.78, 5) is 25.9. The van der Waals surface area contributed by atoms with E-state index in [2.05, 4.69) is 5.32 Å². The topological polar surface area (TPSA) is 133 Å². The summed E-state index contributed by atoms with van der Waals surface area (Å²) in [6, 6.07) is 0. The molecule has 0 fully saturated rings. The molecule has 98 valence electrons. The van der Waals surface area contributed by atoms with Crippen molar-refractivity contribution >= 4 is 24.1 Å². The normalized spacial score (nSPS) is 10.5. The van der Waals surface area contributed by atoms with Gasteiger partial charge in [0, 0.05) is 19.2 Å². The Labute approximate surface area is 98.7 Å². The van der Waals surface area contributed by atoms with E-state index in [0.717, 1.165) is 19.9 Å². The van der Waals surface area contributed by atoms with Crippen LogP contribution >= 0.6 is 18.2 Å². The van der Waals surface area contributed by atoms with Crippen LogP contribution in [-0.2, 0) is 9.36 Å². The fourth-order valence-corrected chi connectivity index (χ4v) is 2.05. The van der Waals surface area contributed by atoms with Crippen molar-refractivity contribution in [1.29, 1.82) is 0 Å². The average molecular weight is 274 g/mol. The molecule has 0 aliphatic rings. The van der Waals surface area contributed by atoms with Crippen LogP contribution in [0.2, 0.25) is 0 Å². The molecule has 0 rings (SSSR count). The smallest absolute Gasteiger partial charge is 0.384 e. The van der Waals surface area contributed by atoms with Crippen LogP contribution in [0.4, 0.5) is 0 Å². The minimum atomic E-state index is -3.87. The molecule has 0 spiro atoms. The number of carbonyl (C=O) groups is 1. The van der Waals surface area contributed by atoms with Gasteiger partial charge in [0.1, 0.15) is 0 Å². The van der Waals surface area contributed by atoms with Crippen molar-refractivity contribution in [3.63, 3.8) is 0 Å². The second kappa shape index (κ2) is 11.4. The largest absolute Gasteiger partial charge is 0.481 e. The van der Waals surface area contributed by atoms with Crippen LogP contribution in [0.15, 0.2) is 0 Å². The van der Waals surface area contributed by atoms with Gasteiger partial charge in [-0.15, -0.1) is 0 Å². The average Bonchev–Trinajstić information content (AvgIpc) is 2.08. The molecule has 0 radical (unpaired) electrons. The number of hydrogen-bond donors (Lipinski definition) is 5. The molecule has 0 amide bonds. The molecule has 9 heteroatoms. The van der Waals surface area contributed by atoms with Gasteiger partial charge in [-0.3, -0.25) is 4.79 Å². The lowest BCUT2D eigenvalue weighted by atomic mass is 10.4. The summed E-state index contributed by atoms with van der Waals surface area (Å²) in [5.41, 5.74) is 5.24. The first-order valence-corrected chi connectivity index (χ1v) is 7.80. The Morgan fingerprint density at radius 3 is 2.31 bits per heavy atom. The Bertz CT molecular complexity index is 219. The number of nitrogens with two attached hydrogens (primary N) is 1. The zero-order valence-electron chi connectivity index (χ0n) is 9.13. The Kier molecular flexibility index (Phi) is 13.0. The van der Waals surface area contributed by atoms with Crippen LogP contribution in [-0.4, -0.2) is 46.2 Å². The summed E-state index contributed by atoms with van der Waals surface area (Å²) in [6.07, 6.45) is 0.889. The molecule has 6 N–H and O–H groups in total. The van der Waals surface area contributed by atoms with Gasteiger partial charge in [0.2, 0.25) is 0 Å². The van der Waals surface area contributed by atoms with Gasteiger partial charge in [-0.1, -0.05) is 0 Å². The number of rotatable bonds is 7. The maximum absolute atomic E-state index is 10.3. The molecule has 0 saturated carbocycles. The molecule has 0 aromatic heterocycles. The molecule has 16 heavy (non-hydrogen) atoms. The highest BCUT2D eigenvalue weighted by atomic mass is 32.7. The van der Waals surface area contributed by atoms with E-state index >= 15 is 0 Å². The van der Waals surface area contributed by atoms with Crippen molar-refractivity contribution in [3.05, 3.63) is 0 Å². The van der Waals surface area contributed by atoms with Crippen molar-refractivity contribution in [3.8, 4) is 0 Å². The number of carboxylic acid groups (broad SMARTS) is 1. The first-order chi connectivity index (χ1) is 7.29. The van der Waals surface area contributed by atoms with E-state index in [1.54, 1.807) is 0 Å². The van der Waals surface area contributed by atoms with Gasteiger partial charge < -0.3 is 25.9 Å². The summed E-state index contributed by atoms with van der Waals surface area (Å²) in [5, 5.41) is 10.4. The molecule has 0 unspecified atom stereocenters. The summed E-state index contributed by atoms with van der Waals surface area (Å²) < 4.78 is 10.3. The Morgan fingerprint density at radius 1 is 1.44 bits per heavy atom. The lowest BCUT2D eigenvalue weighted by molar-refractivity contribution is -0.134. The number of hydrogen-bond acceptors (Lipinski definition) is 5. The van der Waals surface area contributed by atoms with Crippen molar-refractivity contribution in [1.82, 2.24) is 5.32 Å². The third-order valence-corrected chi connectivity index (χ3v) is 3.38.